The average Bonchev–Trinajstić information content (AvgIpc) is 2.44. The summed E-state index contributed by atoms with van der Waals surface area (Å²) in [4.78, 5) is 0. The maximum Gasteiger partial charge on any atom is 0.154 e. The van der Waals surface area contributed by atoms with Gasteiger partial charge in [0.1, 0.15) is 22.9 Å². The van der Waals surface area contributed by atoms with Crippen LogP contribution in [0.2, 0.25) is 0 Å². The molecule has 2 aromatic carbocycles. The fourth-order valence-electron chi connectivity index (χ4n) is 1.89. The van der Waals surface area contributed by atoms with E-state index in [1.807, 2.05) is 63.2 Å². The second-order valence-electron chi connectivity index (χ2n) is 4.84. The van der Waals surface area contributed by atoms with E-state index in [1.165, 1.54) is 0 Å². The molecule has 0 saturated heterocycles. The lowest BCUT2D eigenvalue weighted by Crippen LogP contribution is -2.07. The molecule has 0 aromatic heterocycles. The lowest BCUT2D eigenvalue weighted by atomic mass is 10.2. The molecular formula is C17H21NO3. The largest absolute Gasteiger partial charge is 0.494 e. The third-order valence-corrected chi connectivity index (χ3v) is 2.73. The van der Waals surface area contributed by atoms with Crippen molar-refractivity contribution in [2.45, 2.75) is 26.9 Å². The van der Waals surface area contributed by atoms with Gasteiger partial charge in [0, 0.05) is 6.07 Å². The van der Waals surface area contributed by atoms with Gasteiger partial charge in [-0.3, -0.25) is 0 Å². The SMILES string of the molecule is CCOc1cccc(Oc2cccc(OC(C)C)c2N)c1. The number of hydrogen-bond donors (Lipinski definition) is 1. The van der Waals surface area contributed by atoms with Crippen LogP contribution >= 0.6 is 0 Å². The first-order chi connectivity index (χ1) is 10.1. The van der Waals surface area contributed by atoms with Crippen LogP contribution in [-0.4, -0.2) is 12.7 Å². The lowest BCUT2D eigenvalue weighted by Gasteiger charge is -2.15. The van der Waals surface area contributed by atoms with E-state index in [4.69, 9.17) is 19.9 Å². The topological polar surface area (TPSA) is 53.7 Å². The van der Waals surface area contributed by atoms with Crippen molar-refractivity contribution in [3.05, 3.63) is 42.5 Å². The molecule has 0 atom stereocenters. The second-order valence-corrected chi connectivity index (χ2v) is 4.84. The van der Waals surface area contributed by atoms with Crippen LogP contribution in [0.15, 0.2) is 42.5 Å². The molecule has 2 rings (SSSR count). The van der Waals surface area contributed by atoms with Crippen molar-refractivity contribution < 1.29 is 14.2 Å². The van der Waals surface area contributed by atoms with Crippen molar-refractivity contribution >= 4 is 5.69 Å². The normalized spacial score (nSPS) is 10.5. The summed E-state index contributed by atoms with van der Waals surface area (Å²) in [5.74, 6) is 2.64. The van der Waals surface area contributed by atoms with E-state index < -0.39 is 0 Å². The molecule has 21 heavy (non-hydrogen) atoms. The van der Waals surface area contributed by atoms with Gasteiger partial charge in [-0.05, 0) is 45.0 Å². The molecule has 0 heterocycles. The zero-order valence-electron chi connectivity index (χ0n) is 12.6. The van der Waals surface area contributed by atoms with Crippen molar-refractivity contribution in [1.29, 1.82) is 0 Å². The Hall–Kier alpha value is -2.36. The molecule has 112 valence electrons. The van der Waals surface area contributed by atoms with Gasteiger partial charge in [0.2, 0.25) is 0 Å². The zero-order chi connectivity index (χ0) is 15.2. The number of hydrogen-bond acceptors (Lipinski definition) is 4. The maximum absolute atomic E-state index is 6.09. The molecule has 0 saturated carbocycles. The molecule has 2 N–H and O–H groups in total. The molecule has 4 nitrogen and oxygen atoms in total. The molecular weight excluding hydrogens is 266 g/mol. The highest BCUT2D eigenvalue weighted by atomic mass is 16.5. The van der Waals surface area contributed by atoms with Gasteiger partial charge in [0.15, 0.2) is 5.75 Å². The van der Waals surface area contributed by atoms with Crippen molar-refractivity contribution in [3.63, 3.8) is 0 Å². The third-order valence-electron chi connectivity index (χ3n) is 2.73. The zero-order valence-corrected chi connectivity index (χ0v) is 12.6. The van der Waals surface area contributed by atoms with Crippen molar-refractivity contribution in [2.24, 2.45) is 0 Å². The van der Waals surface area contributed by atoms with Crippen molar-refractivity contribution in [1.82, 2.24) is 0 Å². The van der Waals surface area contributed by atoms with Crippen molar-refractivity contribution in [3.8, 4) is 23.0 Å². The molecule has 0 spiro atoms. The number of nitrogens with two attached hydrogens (primary N) is 1. The van der Waals surface area contributed by atoms with E-state index in [1.54, 1.807) is 0 Å². The van der Waals surface area contributed by atoms with Gasteiger partial charge in [-0.1, -0.05) is 12.1 Å². The first kappa shape index (κ1) is 15.0. The first-order valence-corrected chi connectivity index (χ1v) is 7.06. The first-order valence-electron chi connectivity index (χ1n) is 7.06. The highest BCUT2D eigenvalue weighted by Gasteiger charge is 2.10. The van der Waals surface area contributed by atoms with Gasteiger partial charge in [-0.25, -0.2) is 0 Å². The number of rotatable bonds is 6. The summed E-state index contributed by atoms with van der Waals surface area (Å²) in [6, 6.07) is 13.0. The number of nitrogen functional groups attached to an aromatic ring is 1. The Kier molecular flexibility index (Phi) is 4.93. The Labute approximate surface area is 125 Å². The van der Waals surface area contributed by atoms with Crippen LogP contribution < -0.4 is 19.9 Å². The molecule has 4 heteroatoms. The third kappa shape index (κ3) is 4.05. The summed E-state index contributed by atoms with van der Waals surface area (Å²) in [5, 5.41) is 0. The molecule has 0 bridgehead atoms. The van der Waals surface area contributed by atoms with Crippen LogP contribution in [0.1, 0.15) is 20.8 Å². The van der Waals surface area contributed by atoms with Gasteiger partial charge in [-0.15, -0.1) is 0 Å². The summed E-state index contributed by atoms with van der Waals surface area (Å²) in [6.07, 6.45) is 0.0591. The Morgan fingerprint density at radius 3 is 2.38 bits per heavy atom. The standard InChI is InChI=1S/C17H21NO3/c1-4-19-13-7-5-8-14(11-13)21-16-10-6-9-15(17(16)18)20-12(2)3/h5-12H,4,18H2,1-3H3. The van der Waals surface area contributed by atoms with E-state index >= 15 is 0 Å². The van der Waals surface area contributed by atoms with E-state index in [2.05, 4.69) is 0 Å². The van der Waals surface area contributed by atoms with Crippen LogP contribution in [0.25, 0.3) is 0 Å². The lowest BCUT2D eigenvalue weighted by molar-refractivity contribution is 0.243. The van der Waals surface area contributed by atoms with E-state index in [9.17, 15) is 0 Å². The Morgan fingerprint density at radius 1 is 1.00 bits per heavy atom. The fourth-order valence-corrected chi connectivity index (χ4v) is 1.89. The Balaban J connectivity index is 2.21. The van der Waals surface area contributed by atoms with Crippen LogP contribution in [0.4, 0.5) is 5.69 Å². The minimum Gasteiger partial charge on any atom is -0.494 e. The van der Waals surface area contributed by atoms with Crippen LogP contribution in [0, 0.1) is 0 Å². The molecule has 0 amide bonds. The maximum atomic E-state index is 6.09. The molecule has 2 aromatic rings. The highest BCUT2D eigenvalue weighted by Crippen LogP contribution is 2.35. The fraction of sp³-hybridized carbons (Fsp3) is 0.294. The summed E-state index contributed by atoms with van der Waals surface area (Å²) < 4.78 is 16.9. The van der Waals surface area contributed by atoms with Crippen LogP contribution in [0.3, 0.4) is 0 Å². The Bertz CT molecular complexity index is 596. The van der Waals surface area contributed by atoms with Gasteiger partial charge < -0.3 is 19.9 Å². The predicted molar refractivity (Wildman–Crippen MR) is 84.3 cm³/mol. The minimum atomic E-state index is 0.0591. The minimum absolute atomic E-state index is 0.0591. The van der Waals surface area contributed by atoms with Gasteiger partial charge >= 0.3 is 0 Å². The number of ether oxygens (including phenoxy) is 3. The smallest absolute Gasteiger partial charge is 0.154 e. The average molecular weight is 287 g/mol. The van der Waals surface area contributed by atoms with Crippen LogP contribution in [-0.2, 0) is 0 Å². The molecule has 0 aliphatic heterocycles. The summed E-state index contributed by atoms with van der Waals surface area (Å²) in [5.41, 5.74) is 6.59. The summed E-state index contributed by atoms with van der Waals surface area (Å²) >= 11 is 0. The second kappa shape index (κ2) is 6.88. The summed E-state index contributed by atoms with van der Waals surface area (Å²) in [6.45, 7) is 6.47. The van der Waals surface area contributed by atoms with E-state index in [0.717, 1.165) is 5.75 Å². The van der Waals surface area contributed by atoms with E-state index in [0.29, 0.717) is 29.5 Å². The van der Waals surface area contributed by atoms with Gasteiger partial charge in [-0.2, -0.15) is 0 Å². The quantitative estimate of drug-likeness (QED) is 0.807. The number of anilines is 1. The molecule has 0 unspecified atom stereocenters. The summed E-state index contributed by atoms with van der Waals surface area (Å²) in [7, 11) is 0. The number of para-hydroxylation sites is 1. The molecule has 0 radical (unpaired) electrons. The van der Waals surface area contributed by atoms with E-state index in [-0.39, 0.29) is 6.10 Å². The predicted octanol–water partition coefficient (Wildman–Crippen LogP) is 4.25. The molecule has 0 fully saturated rings. The highest BCUT2D eigenvalue weighted by molar-refractivity contribution is 5.63. The number of benzene rings is 2. The van der Waals surface area contributed by atoms with Crippen molar-refractivity contribution in [2.75, 3.05) is 12.3 Å². The molecule has 0 aliphatic rings. The van der Waals surface area contributed by atoms with Gasteiger partial charge in [0.05, 0.1) is 12.7 Å². The van der Waals surface area contributed by atoms with Gasteiger partial charge in [0.25, 0.3) is 0 Å². The monoisotopic (exact) mass is 287 g/mol. The Morgan fingerprint density at radius 2 is 1.67 bits per heavy atom. The molecule has 0 aliphatic carbocycles. The van der Waals surface area contributed by atoms with Crippen LogP contribution in [0.5, 0.6) is 23.0 Å².